The fourth-order valence-electron chi connectivity index (χ4n) is 1.20. The highest BCUT2D eigenvalue weighted by atomic mass is 16.5. The van der Waals surface area contributed by atoms with Crippen molar-refractivity contribution in [2.75, 3.05) is 52.7 Å². The molecule has 0 saturated heterocycles. The normalized spacial score (nSPS) is 10.5. The average Bonchev–Trinajstić information content (AvgIpc) is 2.36. The Morgan fingerprint density at radius 2 is 1.53 bits per heavy atom. The SMILES string of the molecule is C[CH]C(=O)N(CCOCCO)CCOCCO. The summed E-state index contributed by atoms with van der Waals surface area (Å²) in [6.07, 6.45) is 1.48. The van der Waals surface area contributed by atoms with Gasteiger partial charge in [-0.15, -0.1) is 0 Å². The van der Waals surface area contributed by atoms with Crippen LogP contribution in [0.15, 0.2) is 0 Å². The minimum Gasteiger partial charge on any atom is -0.394 e. The van der Waals surface area contributed by atoms with Gasteiger partial charge in [-0.1, -0.05) is 6.92 Å². The molecule has 0 aliphatic heterocycles. The second-order valence-corrected chi connectivity index (χ2v) is 3.29. The highest BCUT2D eigenvalue weighted by molar-refractivity contribution is 5.84. The summed E-state index contributed by atoms with van der Waals surface area (Å²) >= 11 is 0. The van der Waals surface area contributed by atoms with E-state index in [2.05, 4.69) is 0 Å². The van der Waals surface area contributed by atoms with E-state index in [-0.39, 0.29) is 32.3 Å². The second-order valence-electron chi connectivity index (χ2n) is 3.29. The van der Waals surface area contributed by atoms with Gasteiger partial charge in [0.2, 0.25) is 5.91 Å². The van der Waals surface area contributed by atoms with Crippen molar-refractivity contribution in [1.82, 2.24) is 4.90 Å². The van der Waals surface area contributed by atoms with Gasteiger partial charge in [0.05, 0.1) is 39.6 Å². The minimum atomic E-state index is -0.0785. The number of aliphatic hydroxyl groups is 2. The molecular weight excluding hydrogens is 226 g/mol. The number of rotatable bonds is 11. The van der Waals surface area contributed by atoms with Gasteiger partial charge in [0.25, 0.3) is 0 Å². The molecule has 0 aromatic rings. The molecule has 6 heteroatoms. The smallest absolute Gasteiger partial charge is 0.226 e. The van der Waals surface area contributed by atoms with Crippen molar-refractivity contribution in [1.29, 1.82) is 0 Å². The van der Waals surface area contributed by atoms with Crippen LogP contribution in [0, 0.1) is 6.42 Å². The maximum Gasteiger partial charge on any atom is 0.226 e. The number of carbonyl (C=O) groups excluding carboxylic acids is 1. The Labute approximate surface area is 102 Å². The van der Waals surface area contributed by atoms with Crippen LogP contribution in [0.3, 0.4) is 0 Å². The van der Waals surface area contributed by atoms with Gasteiger partial charge in [0.15, 0.2) is 0 Å². The first-order valence-electron chi connectivity index (χ1n) is 5.71. The second kappa shape index (κ2) is 11.8. The van der Waals surface area contributed by atoms with Crippen LogP contribution in [0.1, 0.15) is 6.92 Å². The van der Waals surface area contributed by atoms with Gasteiger partial charge in [-0.25, -0.2) is 0 Å². The van der Waals surface area contributed by atoms with Crippen LogP contribution in [0.5, 0.6) is 0 Å². The maximum absolute atomic E-state index is 11.5. The van der Waals surface area contributed by atoms with Gasteiger partial charge < -0.3 is 24.6 Å². The van der Waals surface area contributed by atoms with Crippen molar-refractivity contribution >= 4 is 5.91 Å². The summed E-state index contributed by atoms with van der Waals surface area (Å²) in [6.45, 7) is 3.90. The topological polar surface area (TPSA) is 79.2 Å². The van der Waals surface area contributed by atoms with Crippen LogP contribution >= 0.6 is 0 Å². The summed E-state index contributed by atoms with van der Waals surface area (Å²) in [7, 11) is 0. The molecule has 0 fully saturated rings. The molecule has 17 heavy (non-hydrogen) atoms. The highest BCUT2D eigenvalue weighted by Gasteiger charge is 2.10. The summed E-state index contributed by atoms with van der Waals surface area (Å²) in [5.41, 5.74) is 0. The molecule has 6 nitrogen and oxygen atoms in total. The lowest BCUT2D eigenvalue weighted by molar-refractivity contribution is -0.129. The van der Waals surface area contributed by atoms with E-state index < -0.39 is 0 Å². The molecule has 0 aliphatic carbocycles. The third-order valence-electron chi connectivity index (χ3n) is 2.04. The van der Waals surface area contributed by atoms with Crippen LogP contribution < -0.4 is 0 Å². The van der Waals surface area contributed by atoms with E-state index in [0.29, 0.717) is 26.3 Å². The summed E-state index contributed by atoms with van der Waals surface area (Å²) in [5, 5.41) is 17.1. The minimum absolute atomic E-state index is 0.0204. The first kappa shape index (κ1) is 16.3. The van der Waals surface area contributed by atoms with Gasteiger partial charge in [-0.05, 0) is 0 Å². The van der Waals surface area contributed by atoms with E-state index in [4.69, 9.17) is 19.7 Å². The third-order valence-corrected chi connectivity index (χ3v) is 2.04. The van der Waals surface area contributed by atoms with E-state index in [1.54, 1.807) is 11.8 Å². The number of nitrogens with zero attached hydrogens (tertiary/aromatic N) is 1. The molecule has 0 unspecified atom stereocenters. The first-order chi connectivity index (χ1) is 8.26. The zero-order valence-corrected chi connectivity index (χ0v) is 10.3. The summed E-state index contributed by atoms with van der Waals surface area (Å²) in [5.74, 6) is -0.0785. The molecule has 0 heterocycles. The zero-order chi connectivity index (χ0) is 12.9. The fraction of sp³-hybridized carbons (Fsp3) is 0.818. The van der Waals surface area contributed by atoms with E-state index in [0.717, 1.165) is 0 Å². The summed E-state index contributed by atoms with van der Waals surface area (Å²) in [4.78, 5) is 13.1. The Morgan fingerprint density at radius 3 is 1.88 bits per heavy atom. The van der Waals surface area contributed by atoms with E-state index in [9.17, 15) is 4.79 Å². The summed E-state index contributed by atoms with van der Waals surface area (Å²) in [6, 6.07) is 0. The van der Waals surface area contributed by atoms with Gasteiger partial charge in [-0.2, -0.15) is 0 Å². The lowest BCUT2D eigenvalue weighted by Crippen LogP contribution is -2.36. The molecule has 1 radical (unpaired) electrons. The van der Waals surface area contributed by atoms with Gasteiger partial charge in [0.1, 0.15) is 0 Å². The van der Waals surface area contributed by atoms with Gasteiger partial charge >= 0.3 is 0 Å². The Kier molecular flexibility index (Phi) is 11.3. The Balaban J connectivity index is 3.76. The van der Waals surface area contributed by atoms with E-state index in [1.165, 1.54) is 6.42 Å². The van der Waals surface area contributed by atoms with Crippen molar-refractivity contribution < 1.29 is 24.5 Å². The predicted molar refractivity (Wildman–Crippen MR) is 62.4 cm³/mol. The predicted octanol–water partition coefficient (Wildman–Crippen LogP) is -0.943. The molecule has 0 aromatic heterocycles. The molecule has 0 spiro atoms. The first-order valence-corrected chi connectivity index (χ1v) is 5.71. The summed E-state index contributed by atoms with van der Waals surface area (Å²) < 4.78 is 10.2. The van der Waals surface area contributed by atoms with Gasteiger partial charge in [0, 0.05) is 19.5 Å². The van der Waals surface area contributed by atoms with E-state index >= 15 is 0 Å². The molecule has 0 bridgehead atoms. The molecule has 0 aromatic carbocycles. The van der Waals surface area contributed by atoms with Crippen LogP contribution in [0.2, 0.25) is 0 Å². The molecule has 1 amide bonds. The standard InChI is InChI=1S/C11H22NO5/c1-2-11(15)12(3-7-16-9-5-13)4-8-17-10-6-14/h2,13-14H,3-10H2,1H3. The third kappa shape index (κ3) is 9.05. The molecule has 101 valence electrons. The highest BCUT2D eigenvalue weighted by Crippen LogP contribution is 1.94. The van der Waals surface area contributed by atoms with Crippen LogP contribution in [-0.2, 0) is 14.3 Å². The van der Waals surface area contributed by atoms with Crippen molar-refractivity contribution in [3.8, 4) is 0 Å². The number of amides is 1. The van der Waals surface area contributed by atoms with Crippen molar-refractivity contribution in [2.45, 2.75) is 6.92 Å². The fourth-order valence-corrected chi connectivity index (χ4v) is 1.20. The number of hydrogen-bond acceptors (Lipinski definition) is 5. The Morgan fingerprint density at radius 1 is 1.06 bits per heavy atom. The van der Waals surface area contributed by atoms with Crippen molar-refractivity contribution in [2.24, 2.45) is 0 Å². The molecule has 2 N–H and O–H groups in total. The Hall–Kier alpha value is -0.690. The van der Waals surface area contributed by atoms with Crippen LogP contribution in [0.4, 0.5) is 0 Å². The number of ether oxygens (including phenoxy) is 2. The van der Waals surface area contributed by atoms with Crippen LogP contribution in [0.25, 0.3) is 0 Å². The van der Waals surface area contributed by atoms with Crippen molar-refractivity contribution in [3.05, 3.63) is 6.42 Å². The number of hydrogen-bond donors (Lipinski definition) is 2. The lowest BCUT2D eigenvalue weighted by atomic mass is 10.4. The molecule has 0 rings (SSSR count). The maximum atomic E-state index is 11.5. The molecule has 0 aliphatic rings. The number of carbonyl (C=O) groups is 1. The zero-order valence-electron chi connectivity index (χ0n) is 10.3. The number of aliphatic hydroxyl groups excluding tert-OH is 2. The molecule has 0 atom stereocenters. The largest absolute Gasteiger partial charge is 0.394 e. The average molecular weight is 248 g/mol. The lowest BCUT2D eigenvalue weighted by Gasteiger charge is -2.21. The Bertz CT molecular complexity index is 177. The molecular formula is C11H22NO5. The quantitative estimate of drug-likeness (QED) is 0.461. The van der Waals surface area contributed by atoms with E-state index in [1.807, 2.05) is 0 Å². The van der Waals surface area contributed by atoms with Crippen LogP contribution in [-0.4, -0.2) is 73.8 Å². The molecule has 0 saturated carbocycles. The monoisotopic (exact) mass is 248 g/mol. The van der Waals surface area contributed by atoms with Gasteiger partial charge in [-0.3, -0.25) is 4.79 Å². The van der Waals surface area contributed by atoms with Crippen molar-refractivity contribution in [3.63, 3.8) is 0 Å².